The van der Waals surface area contributed by atoms with Crippen molar-refractivity contribution in [1.82, 2.24) is 4.98 Å². The van der Waals surface area contributed by atoms with Gasteiger partial charge in [-0.2, -0.15) is 0 Å². The molecule has 0 spiro atoms. The second-order valence-corrected chi connectivity index (χ2v) is 8.60. The van der Waals surface area contributed by atoms with E-state index in [1.807, 2.05) is 31.2 Å². The Labute approximate surface area is 157 Å². The molecule has 0 saturated carbocycles. The molecule has 1 fully saturated rings. The number of benzene rings is 2. The summed E-state index contributed by atoms with van der Waals surface area (Å²) in [7, 11) is -3.23. The molecule has 7 heteroatoms. The van der Waals surface area contributed by atoms with Gasteiger partial charge in [-0.3, -0.25) is 4.90 Å². The maximum absolute atomic E-state index is 11.8. The van der Waals surface area contributed by atoms with Gasteiger partial charge in [0.2, 0.25) is 0 Å². The highest BCUT2D eigenvalue weighted by molar-refractivity contribution is 7.90. The number of aromatic nitrogens is 1. The van der Waals surface area contributed by atoms with Crippen LogP contribution in [0.1, 0.15) is 5.56 Å². The Balaban J connectivity index is 1.78. The number of hydrogen-bond acceptors (Lipinski definition) is 5. The highest BCUT2D eigenvalue weighted by Crippen LogP contribution is 2.29. The molecule has 1 saturated heterocycles. The molecule has 0 atom stereocenters. The zero-order valence-electron chi connectivity index (χ0n) is 15.0. The molecule has 138 valence electrons. The number of carbonyl (C=O) groups is 1. The Bertz CT molecular complexity index is 1150. The fourth-order valence-corrected chi connectivity index (χ4v) is 3.84. The van der Waals surface area contributed by atoms with Gasteiger partial charge in [0.05, 0.1) is 22.7 Å². The highest BCUT2D eigenvalue weighted by atomic mass is 32.2. The first-order chi connectivity index (χ1) is 12.8. The number of rotatable bonds is 3. The van der Waals surface area contributed by atoms with E-state index in [4.69, 9.17) is 9.72 Å². The number of sulfone groups is 1. The second kappa shape index (κ2) is 6.35. The number of carbonyl (C=O) groups excluding carboxylic acids is 1. The van der Waals surface area contributed by atoms with E-state index in [9.17, 15) is 13.2 Å². The molecular weight excluding hydrogens is 364 g/mol. The highest BCUT2D eigenvalue weighted by Gasteiger charge is 2.23. The number of nitrogens with zero attached hydrogens (tertiary/aromatic N) is 2. The summed E-state index contributed by atoms with van der Waals surface area (Å²) in [6.07, 6.45) is 0.837. The Morgan fingerprint density at radius 2 is 1.81 bits per heavy atom. The van der Waals surface area contributed by atoms with Gasteiger partial charge in [-0.05, 0) is 42.8 Å². The maximum atomic E-state index is 11.8. The van der Waals surface area contributed by atoms with Crippen LogP contribution in [0.2, 0.25) is 0 Å². The monoisotopic (exact) mass is 382 g/mol. The molecule has 1 aliphatic rings. The summed E-state index contributed by atoms with van der Waals surface area (Å²) < 4.78 is 28.3. The van der Waals surface area contributed by atoms with E-state index in [2.05, 4.69) is 0 Å². The van der Waals surface area contributed by atoms with Crippen LogP contribution in [-0.4, -0.2) is 38.9 Å². The first kappa shape index (κ1) is 17.5. The minimum absolute atomic E-state index is 0.276. The normalized spacial score (nSPS) is 14.6. The van der Waals surface area contributed by atoms with Crippen LogP contribution in [0.15, 0.2) is 53.4 Å². The molecular formula is C20H18N2O4S. The molecule has 4 rings (SSSR count). The molecule has 1 amide bonds. The van der Waals surface area contributed by atoms with Gasteiger partial charge in [-0.25, -0.2) is 18.2 Å². The van der Waals surface area contributed by atoms with Crippen molar-refractivity contribution in [3.05, 3.63) is 54.1 Å². The first-order valence-electron chi connectivity index (χ1n) is 8.49. The molecule has 0 bridgehead atoms. The largest absolute Gasteiger partial charge is 0.447 e. The van der Waals surface area contributed by atoms with E-state index in [1.165, 1.54) is 6.26 Å². The molecule has 0 radical (unpaired) electrons. The lowest BCUT2D eigenvalue weighted by molar-refractivity contribution is 0.181. The average Bonchev–Trinajstić information content (AvgIpc) is 3.06. The van der Waals surface area contributed by atoms with Gasteiger partial charge in [-0.15, -0.1) is 0 Å². The standard InChI is InChI=1S/C20H18N2O4S/c1-13-11-18(14-3-6-16(7-4-14)27(2,24)25)21-19-12-15(5-8-17(13)19)22-9-10-26-20(22)23/h3-8,11-12H,9-10H2,1-2H3. The Morgan fingerprint density at radius 3 is 2.44 bits per heavy atom. The third-order valence-electron chi connectivity index (χ3n) is 4.65. The van der Waals surface area contributed by atoms with Crippen LogP contribution >= 0.6 is 0 Å². The maximum Gasteiger partial charge on any atom is 0.414 e. The van der Waals surface area contributed by atoms with E-state index in [0.717, 1.165) is 33.4 Å². The van der Waals surface area contributed by atoms with Crippen molar-refractivity contribution < 1.29 is 17.9 Å². The molecule has 6 nitrogen and oxygen atoms in total. The topological polar surface area (TPSA) is 76.6 Å². The van der Waals surface area contributed by atoms with E-state index in [-0.39, 0.29) is 11.0 Å². The smallest absolute Gasteiger partial charge is 0.414 e. The van der Waals surface area contributed by atoms with Gasteiger partial charge in [0, 0.05) is 22.9 Å². The van der Waals surface area contributed by atoms with Crippen LogP contribution in [0.25, 0.3) is 22.2 Å². The zero-order valence-corrected chi connectivity index (χ0v) is 15.8. The summed E-state index contributed by atoms with van der Waals surface area (Å²) in [5, 5.41) is 1.00. The summed E-state index contributed by atoms with van der Waals surface area (Å²) in [6, 6.07) is 14.4. The lowest BCUT2D eigenvalue weighted by Crippen LogP contribution is -2.23. The quantitative estimate of drug-likeness (QED) is 0.692. The lowest BCUT2D eigenvalue weighted by Gasteiger charge is -2.14. The van der Waals surface area contributed by atoms with Gasteiger partial charge in [0.25, 0.3) is 0 Å². The Morgan fingerprint density at radius 1 is 1.07 bits per heavy atom. The third kappa shape index (κ3) is 3.26. The second-order valence-electron chi connectivity index (χ2n) is 6.59. The predicted molar refractivity (Wildman–Crippen MR) is 104 cm³/mol. The third-order valence-corrected chi connectivity index (χ3v) is 5.78. The van der Waals surface area contributed by atoms with Crippen molar-refractivity contribution in [1.29, 1.82) is 0 Å². The summed E-state index contributed by atoms with van der Waals surface area (Å²) in [5.74, 6) is 0. The predicted octanol–water partition coefficient (Wildman–Crippen LogP) is 3.57. The number of amides is 1. The van der Waals surface area contributed by atoms with Crippen LogP contribution in [-0.2, 0) is 14.6 Å². The van der Waals surface area contributed by atoms with E-state index >= 15 is 0 Å². The Hall–Kier alpha value is -2.93. The summed E-state index contributed by atoms with van der Waals surface area (Å²) in [5.41, 5.74) is 4.16. The van der Waals surface area contributed by atoms with Crippen molar-refractivity contribution >= 4 is 32.5 Å². The molecule has 1 aliphatic heterocycles. The molecule has 0 unspecified atom stereocenters. The number of fused-ring (bicyclic) bond motifs is 1. The van der Waals surface area contributed by atoms with Crippen LogP contribution in [0.4, 0.5) is 10.5 Å². The van der Waals surface area contributed by atoms with Crippen LogP contribution < -0.4 is 4.90 Å². The van der Waals surface area contributed by atoms with Gasteiger partial charge in [0.1, 0.15) is 6.61 Å². The summed E-state index contributed by atoms with van der Waals surface area (Å²) in [4.78, 5) is 18.4. The zero-order chi connectivity index (χ0) is 19.2. The molecule has 3 aromatic rings. The van der Waals surface area contributed by atoms with Crippen molar-refractivity contribution in [3.63, 3.8) is 0 Å². The molecule has 2 aromatic carbocycles. The molecule has 0 aliphatic carbocycles. The van der Waals surface area contributed by atoms with Crippen molar-refractivity contribution in [2.75, 3.05) is 24.3 Å². The number of ether oxygens (including phenoxy) is 1. The lowest BCUT2D eigenvalue weighted by atomic mass is 10.0. The number of hydrogen-bond donors (Lipinski definition) is 0. The van der Waals surface area contributed by atoms with Crippen LogP contribution in [0.5, 0.6) is 0 Å². The fraction of sp³-hybridized carbons (Fsp3) is 0.200. The minimum Gasteiger partial charge on any atom is -0.447 e. The van der Waals surface area contributed by atoms with Crippen molar-refractivity contribution in [3.8, 4) is 11.3 Å². The van der Waals surface area contributed by atoms with Gasteiger partial charge >= 0.3 is 6.09 Å². The molecule has 0 N–H and O–H groups in total. The van der Waals surface area contributed by atoms with E-state index in [0.29, 0.717) is 13.2 Å². The molecule has 27 heavy (non-hydrogen) atoms. The van der Waals surface area contributed by atoms with Crippen molar-refractivity contribution in [2.24, 2.45) is 0 Å². The number of aryl methyl sites for hydroxylation is 1. The SMILES string of the molecule is Cc1cc(-c2ccc(S(C)(=O)=O)cc2)nc2cc(N3CCOC3=O)ccc12. The van der Waals surface area contributed by atoms with E-state index in [1.54, 1.807) is 29.2 Å². The van der Waals surface area contributed by atoms with Crippen LogP contribution in [0.3, 0.4) is 0 Å². The van der Waals surface area contributed by atoms with Crippen LogP contribution in [0, 0.1) is 6.92 Å². The fourth-order valence-electron chi connectivity index (χ4n) is 3.21. The summed E-state index contributed by atoms with van der Waals surface area (Å²) in [6.45, 7) is 2.91. The minimum atomic E-state index is -3.23. The number of pyridine rings is 1. The molecule has 2 heterocycles. The number of cyclic esters (lactones) is 1. The summed E-state index contributed by atoms with van der Waals surface area (Å²) >= 11 is 0. The average molecular weight is 382 g/mol. The van der Waals surface area contributed by atoms with E-state index < -0.39 is 9.84 Å². The Kier molecular flexibility index (Phi) is 4.11. The van der Waals surface area contributed by atoms with Gasteiger partial charge in [-0.1, -0.05) is 18.2 Å². The van der Waals surface area contributed by atoms with Gasteiger partial charge in [0.15, 0.2) is 9.84 Å². The molecule has 1 aromatic heterocycles. The van der Waals surface area contributed by atoms with Crippen molar-refractivity contribution in [2.45, 2.75) is 11.8 Å². The first-order valence-corrected chi connectivity index (χ1v) is 10.4. The number of anilines is 1. The van der Waals surface area contributed by atoms with Gasteiger partial charge < -0.3 is 4.74 Å².